The summed E-state index contributed by atoms with van der Waals surface area (Å²) in [5.41, 5.74) is 6.67. The maximum absolute atomic E-state index is 11.4. The summed E-state index contributed by atoms with van der Waals surface area (Å²) in [4.78, 5) is 19.2. The highest BCUT2D eigenvalue weighted by molar-refractivity contribution is 5.88. The van der Waals surface area contributed by atoms with E-state index in [9.17, 15) is 4.79 Å². The largest absolute Gasteiger partial charge is 0.358 e. The van der Waals surface area contributed by atoms with Crippen LogP contribution in [-0.4, -0.2) is 29.8 Å². The molecule has 0 fully saturated rings. The highest BCUT2D eigenvalue weighted by Gasteiger charge is 2.10. The second-order valence-corrected chi connectivity index (χ2v) is 7.39. The lowest BCUT2D eigenvalue weighted by Crippen LogP contribution is -2.11. The summed E-state index contributed by atoms with van der Waals surface area (Å²) >= 11 is 0. The van der Waals surface area contributed by atoms with Crippen molar-refractivity contribution >= 4 is 17.4 Å². The Kier molecular flexibility index (Phi) is 8.15. The molecule has 0 aliphatic carbocycles. The molecule has 28 heavy (non-hydrogen) atoms. The Morgan fingerprint density at radius 3 is 2.75 bits per heavy atom. The van der Waals surface area contributed by atoms with Crippen molar-refractivity contribution in [2.45, 2.75) is 33.6 Å². The van der Waals surface area contributed by atoms with Crippen LogP contribution in [0.3, 0.4) is 0 Å². The van der Waals surface area contributed by atoms with E-state index in [0.29, 0.717) is 11.5 Å². The van der Waals surface area contributed by atoms with Gasteiger partial charge in [-0.2, -0.15) is 0 Å². The van der Waals surface area contributed by atoms with Crippen molar-refractivity contribution in [1.82, 2.24) is 15.3 Å². The van der Waals surface area contributed by atoms with E-state index < -0.39 is 0 Å². The fraction of sp³-hybridized carbons (Fsp3) is 0.333. The van der Waals surface area contributed by atoms with E-state index in [1.165, 1.54) is 5.56 Å². The van der Waals surface area contributed by atoms with Crippen LogP contribution >= 0.6 is 0 Å². The normalized spacial score (nSPS) is 12.1. The monoisotopic (exact) mass is 377 g/mol. The number of H-pyrrole nitrogens is 1. The van der Waals surface area contributed by atoms with Crippen LogP contribution in [0.25, 0.3) is 11.1 Å². The Morgan fingerprint density at radius 1 is 1.32 bits per heavy atom. The minimum atomic E-state index is 0.580. The number of carbonyl (C=O) groups is 1. The van der Waals surface area contributed by atoms with Crippen LogP contribution in [0.5, 0.6) is 0 Å². The van der Waals surface area contributed by atoms with E-state index in [4.69, 9.17) is 0 Å². The summed E-state index contributed by atoms with van der Waals surface area (Å²) < 4.78 is 0. The van der Waals surface area contributed by atoms with Gasteiger partial charge in [0, 0.05) is 42.3 Å². The van der Waals surface area contributed by atoms with Gasteiger partial charge in [0.15, 0.2) is 6.29 Å². The number of allylic oxidation sites excluding steroid dienone is 5. The summed E-state index contributed by atoms with van der Waals surface area (Å²) in [5.74, 6) is 0.580. The fourth-order valence-electron chi connectivity index (χ4n) is 3.14. The van der Waals surface area contributed by atoms with Crippen molar-refractivity contribution < 1.29 is 4.79 Å². The van der Waals surface area contributed by atoms with Crippen molar-refractivity contribution in [3.05, 3.63) is 77.4 Å². The molecule has 148 valence electrons. The third kappa shape index (κ3) is 5.89. The first kappa shape index (κ1) is 21.6. The number of likely N-dealkylation sites (N-methyl/N-ethyl adjacent to an activating group) is 1. The molecule has 2 aromatic heterocycles. The molecule has 0 spiro atoms. The lowest BCUT2D eigenvalue weighted by atomic mass is 9.99. The average molecular weight is 378 g/mol. The van der Waals surface area contributed by atoms with Gasteiger partial charge in [-0.1, -0.05) is 32.6 Å². The van der Waals surface area contributed by atoms with Crippen LogP contribution in [0.1, 0.15) is 53.6 Å². The molecule has 0 unspecified atom stereocenters. The molecule has 2 aromatic rings. The quantitative estimate of drug-likeness (QED) is 0.459. The number of pyridine rings is 1. The molecule has 0 aliphatic heterocycles. The number of aromatic amines is 1. The molecule has 2 N–H and O–H groups in total. The Labute approximate surface area is 168 Å². The molecular weight excluding hydrogens is 346 g/mol. The Bertz CT molecular complexity index is 872. The van der Waals surface area contributed by atoms with Crippen molar-refractivity contribution in [3.63, 3.8) is 0 Å². The van der Waals surface area contributed by atoms with Gasteiger partial charge in [0.05, 0.1) is 0 Å². The summed E-state index contributed by atoms with van der Waals surface area (Å²) in [6.07, 6.45) is 12.5. The fourth-order valence-corrected chi connectivity index (χ4v) is 3.14. The van der Waals surface area contributed by atoms with Gasteiger partial charge >= 0.3 is 0 Å². The predicted molar refractivity (Wildman–Crippen MR) is 118 cm³/mol. The van der Waals surface area contributed by atoms with E-state index in [1.54, 1.807) is 0 Å². The van der Waals surface area contributed by atoms with E-state index in [-0.39, 0.29) is 0 Å². The van der Waals surface area contributed by atoms with Gasteiger partial charge in [0.25, 0.3) is 0 Å². The zero-order valence-electron chi connectivity index (χ0n) is 17.4. The molecule has 0 atom stereocenters. The number of rotatable bonds is 10. The van der Waals surface area contributed by atoms with Crippen molar-refractivity contribution in [2.75, 3.05) is 13.6 Å². The highest BCUT2D eigenvalue weighted by Crippen LogP contribution is 2.24. The molecule has 0 saturated carbocycles. The molecule has 0 amide bonds. The second-order valence-electron chi connectivity index (χ2n) is 7.39. The number of aromatic nitrogens is 2. The highest BCUT2D eigenvalue weighted by atomic mass is 16.1. The second kappa shape index (κ2) is 10.6. The maximum Gasteiger partial charge on any atom is 0.151 e. The molecule has 4 heteroatoms. The minimum absolute atomic E-state index is 0.580. The first-order chi connectivity index (χ1) is 13.5. The SMILES string of the molecule is C=C(/C=C(\C=C/C)c1cc(C=O)c(CCNC)[nH]1)c1cncc(CC(C)C)c1. The van der Waals surface area contributed by atoms with E-state index >= 15 is 0 Å². The van der Waals surface area contributed by atoms with Gasteiger partial charge in [-0.05, 0) is 66.8 Å². The molecule has 4 nitrogen and oxygen atoms in total. The predicted octanol–water partition coefficient (Wildman–Crippen LogP) is 4.86. The molecule has 0 bridgehead atoms. The summed E-state index contributed by atoms with van der Waals surface area (Å²) in [6, 6.07) is 4.06. The van der Waals surface area contributed by atoms with Gasteiger partial charge in [0.1, 0.15) is 0 Å². The average Bonchev–Trinajstić information content (AvgIpc) is 3.08. The molecule has 0 radical (unpaired) electrons. The van der Waals surface area contributed by atoms with Gasteiger partial charge in [-0.25, -0.2) is 0 Å². The van der Waals surface area contributed by atoms with Crippen LogP contribution in [-0.2, 0) is 12.8 Å². The number of hydrogen-bond acceptors (Lipinski definition) is 3. The molecule has 0 aliphatic rings. The zero-order valence-corrected chi connectivity index (χ0v) is 17.4. The standard InChI is InChI=1S/C24H31N3O/c1-6-7-20(24-13-22(16-28)23(27-24)8-9-25-5)11-18(4)21-12-19(10-17(2)3)14-26-15-21/h6-7,11-17,25,27H,4,8-10H2,1-3,5H3/b7-6-,20-11+. The van der Waals surface area contributed by atoms with E-state index in [2.05, 4.69) is 41.8 Å². The van der Waals surface area contributed by atoms with Crippen LogP contribution in [0, 0.1) is 5.92 Å². The number of hydrogen-bond donors (Lipinski definition) is 2. The van der Waals surface area contributed by atoms with Crippen molar-refractivity contribution in [2.24, 2.45) is 5.92 Å². The smallest absolute Gasteiger partial charge is 0.151 e. The van der Waals surface area contributed by atoms with Gasteiger partial charge < -0.3 is 10.3 Å². The Hall–Kier alpha value is -2.72. The molecule has 2 rings (SSSR count). The van der Waals surface area contributed by atoms with E-state index in [0.717, 1.165) is 53.8 Å². The van der Waals surface area contributed by atoms with Gasteiger partial charge in [-0.3, -0.25) is 9.78 Å². The van der Waals surface area contributed by atoms with Crippen molar-refractivity contribution in [3.8, 4) is 0 Å². The Balaban J connectivity index is 2.35. The maximum atomic E-state index is 11.4. The first-order valence-corrected chi connectivity index (χ1v) is 9.78. The van der Waals surface area contributed by atoms with Crippen molar-refractivity contribution in [1.29, 1.82) is 0 Å². The summed E-state index contributed by atoms with van der Waals surface area (Å²) in [5, 5.41) is 3.12. The Morgan fingerprint density at radius 2 is 2.11 bits per heavy atom. The van der Waals surface area contributed by atoms with Crippen LogP contribution in [0.2, 0.25) is 0 Å². The third-order valence-corrected chi connectivity index (χ3v) is 4.48. The van der Waals surface area contributed by atoms with Crippen LogP contribution < -0.4 is 5.32 Å². The summed E-state index contributed by atoms with van der Waals surface area (Å²) in [7, 11) is 1.90. The summed E-state index contributed by atoms with van der Waals surface area (Å²) in [6.45, 7) is 11.4. The number of aldehydes is 1. The minimum Gasteiger partial charge on any atom is -0.358 e. The lowest BCUT2D eigenvalue weighted by Gasteiger charge is -2.08. The molecular formula is C24H31N3O. The van der Waals surface area contributed by atoms with E-state index in [1.807, 2.05) is 50.7 Å². The van der Waals surface area contributed by atoms with Crippen LogP contribution in [0.15, 0.2) is 49.3 Å². The number of carbonyl (C=O) groups excluding carboxylic acids is 1. The lowest BCUT2D eigenvalue weighted by molar-refractivity contribution is 0.112. The zero-order chi connectivity index (χ0) is 20.5. The molecule has 0 aromatic carbocycles. The third-order valence-electron chi connectivity index (χ3n) is 4.48. The first-order valence-electron chi connectivity index (χ1n) is 9.78. The van der Waals surface area contributed by atoms with Crippen LogP contribution in [0.4, 0.5) is 0 Å². The number of nitrogens with one attached hydrogen (secondary N) is 2. The van der Waals surface area contributed by atoms with Gasteiger partial charge in [-0.15, -0.1) is 0 Å². The number of nitrogens with zero attached hydrogens (tertiary/aromatic N) is 1. The topological polar surface area (TPSA) is 57.8 Å². The molecule has 2 heterocycles. The van der Waals surface area contributed by atoms with Gasteiger partial charge in [0.2, 0.25) is 0 Å². The molecule has 0 saturated heterocycles.